The van der Waals surface area contributed by atoms with Crippen LogP contribution in [0.4, 0.5) is 0 Å². The number of hydrogen-bond acceptors (Lipinski definition) is 2. The summed E-state index contributed by atoms with van der Waals surface area (Å²) in [6.07, 6.45) is 2.15. The van der Waals surface area contributed by atoms with Crippen molar-refractivity contribution in [3.05, 3.63) is 35.4 Å². The molecule has 3 heteroatoms. The molecule has 90 valence electrons. The van der Waals surface area contributed by atoms with E-state index in [0.29, 0.717) is 18.4 Å². The third-order valence-corrected chi connectivity index (χ3v) is 3.51. The van der Waals surface area contributed by atoms with E-state index < -0.39 is 11.9 Å². The predicted molar refractivity (Wildman–Crippen MR) is 64.0 cm³/mol. The highest BCUT2D eigenvalue weighted by atomic mass is 16.4. The summed E-state index contributed by atoms with van der Waals surface area (Å²) in [6.45, 7) is 1.96. The number of hydrogen-bond donors (Lipinski definition) is 1. The molecule has 1 saturated carbocycles. The Labute approximate surface area is 100 Å². The molecule has 1 aromatic carbocycles. The molecule has 0 heterocycles. The fourth-order valence-electron chi connectivity index (χ4n) is 2.50. The molecular formula is C14H16O3. The first-order valence-electron chi connectivity index (χ1n) is 5.93. The standard InChI is InChI=1S/C14H16O3/c1-9-5-7-10(8-6-9)13(15)11-3-2-4-12(11)14(16)17/h5-8,11-12H,2-4H2,1H3,(H,16,17)/t11-,12+/m0/s1. The zero-order valence-corrected chi connectivity index (χ0v) is 9.85. The number of rotatable bonds is 3. The van der Waals surface area contributed by atoms with E-state index in [1.807, 2.05) is 19.1 Å². The summed E-state index contributed by atoms with van der Waals surface area (Å²) in [4.78, 5) is 23.3. The Morgan fingerprint density at radius 3 is 2.29 bits per heavy atom. The SMILES string of the molecule is Cc1ccc(C(=O)[C@H]2CCC[C@H]2C(=O)O)cc1. The molecule has 1 aliphatic carbocycles. The molecule has 2 atom stereocenters. The second-order valence-corrected chi connectivity index (χ2v) is 4.71. The highest BCUT2D eigenvalue weighted by Gasteiger charge is 2.37. The first-order chi connectivity index (χ1) is 8.09. The predicted octanol–water partition coefficient (Wildman–Crippen LogP) is 2.68. The van der Waals surface area contributed by atoms with E-state index in [2.05, 4.69) is 0 Å². The number of aliphatic carboxylic acids is 1. The van der Waals surface area contributed by atoms with Crippen LogP contribution in [0.1, 0.15) is 35.2 Å². The molecule has 1 fully saturated rings. The van der Waals surface area contributed by atoms with Gasteiger partial charge in [-0.1, -0.05) is 36.2 Å². The van der Waals surface area contributed by atoms with Crippen LogP contribution in [0.5, 0.6) is 0 Å². The van der Waals surface area contributed by atoms with Crippen molar-refractivity contribution < 1.29 is 14.7 Å². The quantitative estimate of drug-likeness (QED) is 0.815. The first-order valence-corrected chi connectivity index (χ1v) is 5.93. The number of aryl methyl sites for hydroxylation is 1. The Kier molecular flexibility index (Phi) is 3.27. The fraction of sp³-hybridized carbons (Fsp3) is 0.429. The lowest BCUT2D eigenvalue weighted by atomic mass is 9.88. The summed E-state index contributed by atoms with van der Waals surface area (Å²) in [5, 5.41) is 9.07. The van der Waals surface area contributed by atoms with Crippen molar-refractivity contribution >= 4 is 11.8 Å². The van der Waals surface area contributed by atoms with Crippen LogP contribution in [-0.2, 0) is 4.79 Å². The van der Waals surface area contributed by atoms with Crippen LogP contribution in [0.25, 0.3) is 0 Å². The van der Waals surface area contributed by atoms with E-state index >= 15 is 0 Å². The second-order valence-electron chi connectivity index (χ2n) is 4.71. The van der Waals surface area contributed by atoms with Crippen molar-refractivity contribution in [2.45, 2.75) is 26.2 Å². The monoisotopic (exact) mass is 232 g/mol. The first kappa shape index (κ1) is 11.8. The molecule has 0 aliphatic heterocycles. The summed E-state index contributed by atoms with van der Waals surface area (Å²) < 4.78 is 0. The van der Waals surface area contributed by atoms with Crippen LogP contribution < -0.4 is 0 Å². The van der Waals surface area contributed by atoms with Gasteiger partial charge in [0.1, 0.15) is 0 Å². The molecule has 0 aromatic heterocycles. The highest BCUT2D eigenvalue weighted by Crippen LogP contribution is 2.34. The third kappa shape index (κ3) is 2.38. The van der Waals surface area contributed by atoms with Crippen LogP contribution in [-0.4, -0.2) is 16.9 Å². The van der Waals surface area contributed by atoms with Gasteiger partial charge in [-0.15, -0.1) is 0 Å². The van der Waals surface area contributed by atoms with Crippen LogP contribution >= 0.6 is 0 Å². The average Bonchev–Trinajstić information content (AvgIpc) is 2.78. The van der Waals surface area contributed by atoms with Crippen molar-refractivity contribution in [2.24, 2.45) is 11.8 Å². The Balaban J connectivity index is 2.19. The minimum Gasteiger partial charge on any atom is -0.481 e. The Bertz CT molecular complexity index is 433. The molecule has 2 rings (SSSR count). The minimum absolute atomic E-state index is 0.0186. The van der Waals surface area contributed by atoms with E-state index in [4.69, 9.17) is 5.11 Å². The highest BCUT2D eigenvalue weighted by molar-refractivity contribution is 6.00. The van der Waals surface area contributed by atoms with Crippen LogP contribution in [0.2, 0.25) is 0 Å². The second kappa shape index (κ2) is 4.70. The van der Waals surface area contributed by atoms with Gasteiger partial charge in [-0.2, -0.15) is 0 Å². The average molecular weight is 232 g/mol. The van der Waals surface area contributed by atoms with Crippen LogP contribution in [0.15, 0.2) is 24.3 Å². The van der Waals surface area contributed by atoms with Crippen molar-refractivity contribution in [3.8, 4) is 0 Å². The Morgan fingerprint density at radius 1 is 1.12 bits per heavy atom. The van der Waals surface area contributed by atoms with Crippen LogP contribution in [0.3, 0.4) is 0 Å². The van der Waals surface area contributed by atoms with Crippen LogP contribution in [0, 0.1) is 18.8 Å². The topological polar surface area (TPSA) is 54.4 Å². The van der Waals surface area contributed by atoms with Gasteiger partial charge in [-0.25, -0.2) is 0 Å². The van der Waals surface area contributed by atoms with Gasteiger partial charge in [0.15, 0.2) is 5.78 Å². The van der Waals surface area contributed by atoms with Gasteiger partial charge in [-0.05, 0) is 19.8 Å². The fourth-order valence-corrected chi connectivity index (χ4v) is 2.50. The van der Waals surface area contributed by atoms with Gasteiger partial charge in [0.25, 0.3) is 0 Å². The van der Waals surface area contributed by atoms with Gasteiger partial charge < -0.3 is 5.11 Å². The van der Waals surface area contributed by atoms with Crippen molar-refractivity contribution in [1.29, 1.82) is 0 Å². The molecule has 0 bridgehead atoms. The van der Waals surface area contributed by atoms with E-state index in [0.717, 1.165) is 12.0 Å². The molecule has 1 aromatic rings. The van der Waals surface area contributed by atoms with E-state index in [1.54, 1.807) is 12.1 Å². The van der Waals surface area contributed by atoms with Crippen molar-refractivity contribution in [2.75, 3.05) is 0 Å². The van der Waals surface area contributed by atoms with E-state index in [-0.39, 0.29) is 11.7 Å². The normalized spacial score (nSPS) is 23.6. The van der Waals surface area contributed by atoms with E-state index in [1.165, 1.54) is 0 Å². The summed E-state index contributed by atoms with van der Waals surface area (Å²) in [5.74, 6) is -1.69. The summed E-state index contributed by atoms with van der Waals surface area (Å²) >= 11 is 0. The molecule has 0 saturated heterocycles. The lowest BCUT2D eigenvalue weighted by Crippen LogP contribution is -2.25. The Hall–Kier alpha value is -1.64. The molecule has 17 heavy (non-hydrogen) atoms. The molecule has 3 nitrogen and oxygen atoms in total. The number of ketones is 1. The lowest BCUT2D eigenvalue weighted by Gasteiger charge is -2.14. The number of carboxylic acids is 1. The number of carboxylic acid groups (broad SMARTS) is 1. The molecule has 1 N–H and O–H groups in total. The zero-order valence-electron chi connectivity index (χ0n) is 9.85. The number of Topliss-reactive ketones (excluding diaryl/α,β-unsaturated/α-hetero) is 1. The minimum atomic E-state index is -0.840. The third-order valence-electron chi connectivity index (χ3n) is 3.51. The Morgan fingerprint density at radius 2 is 1.71 bits per heavy atom. The molecule has 0 amide bonds. The largest absolute Gasteiger partial charge is 0.481 e. The zero-order chi connectivity index (χ0) is 12.4. The summed E-state index contributed by atoms with van der Waals surface area (Å²) in [5.41, 5.74) is 1.73. The lowest BCUT2D eigenvalue weighted by molar-refractivity contribution is -0.142. The molecule has 0 radical (unpaired) electrons. The maximum Gasteiger partial charge on any atom is 0.307 e. The van der Waals surface area contributed by atoms with Crippen molar-refractivity contribution in [1.82, 2.24) is 0 Å². The summed E-state index contributed by atoms with van der Waals surface area (Å²) in [6, 6.07) is 7.35. The molecule has 1 aliphatic rings. The van der Waals surface area contributed by atoms with Gasteiger partial charge in [-0.3, -0.25) is 9.59 Å². The maximum absolute atomic E-state index is 12.2. The summed E-state index contributed by atoms with van der Waals surface area (Å²) in [7, 11) is 0. The number of benzene rings is 1. The van der Waals surface area contributed by atoms with Gasteiger partial charge in [0.05, 0.1) is 5.92 Å². The smallest absolute Gasteiger partial charge is 0.307 e. The number of carbonyl (C=O) groups excluding carboxylic acids is 1. The number of carbonyl (C=O) groups is 2. The van der Waals surface area contributed by atoms with Crippen molar-refractivity contribution in [3.63, 3.8) is 0 Å². The maximum atomic E-state index is 12.2. The van der Waals surface area contributed by atoms with Gasteiger partial charge >= 0.3 is 5.97 Å². The van der Waals surface area contributed by atoms with Gasteiger partial charge in [0.2, 0.25) is 0 Å². The molecular weight excluding hydrogens is 216 g/mol. The molecule has 0 unspecified atom stereocenters. The van der Waals surface area contributed by atoms with Gasteiger partial charge in [0, 0.05) is 11.5 Å². The molecule has 0 spiro atoms. The van der Waals surface area contributed by atoms with E-state index in [9.17, 15) is 9.59 Å².